The van der Waals surface area contributed by atoms with Crippen LogP contribution in [0.1, 0.15) is 45.5 Å². The fraction of sp³-hybridized carbons (Fsp3) is 0.312. The molecule has 1 atom stereocenters. The highest BCUT2D eigenvalue weighted by Gasteiger charge is 2.25. The zero-order valence-corrected chi connectivity index (χ0v) is 12.1. The van der Waals surface area contributed by atoms with E-state index in [2.05, 4.69) is 10.3 Å². The maximum absolute atomic E-state index is 12.1. The molecule has 2 aromatic rings. The minimum Gasteiger partial charge on any atom is -0.467 e. The SMILES string of the molecule is CC1CC(=O)c2cc(C(=O)NCc3ccco3)c(=O)[nH]c2C1. The Bertz CT molecular complexity index is 774. The minimum atomic E-state index is -0.521. The van der Waals surface area contributed by atoms with Crippen LogP contribution in [0.3, 0.4) is 0 Å². The number of amides is 1. The first-order valence-corrected chi connectivity index (χ1v) is 7.14. The van der Waals surface area contributed by atoms with Crippen molar-refractivity contribution in [1.29, 1.82) is 0 Å². The van der Waals surface area contributed by atoms with Gasteiger partial charge in [-0.3, -0.25) is 14.4 Å². The molecule has 2 heterocycles. The Morgan fingerprint density at radius 3 is 2.95 bits per heavy atom. The van der Waals surface area contributed by atoms with Crippen LogP contribution < -0.4 is 10.9 Å². The van der Waals surface area contributed by atoms with Gasteiger partial charge in [0, 0.05) is 17.7 Å². The van der Waals surface area contributed by atoms with E-state index in [9.17, 15) is 14.4 Å². The molecule has 0 aliphatic heterocycles. The van der Waals surface area contributed by atoms with E-state index in [4.69, 9.17) is 4.42 Å². The molecule has 2 N–H and O–H groups in total. The number of pyridine rings is 1. The van der Waals surface area contributed by atoms with Crippen LogP contribution in [-0.2, 0) is 13.0 Å². The van der Waals surface area contributed by atoms with Gasteiger partial charge < -0.3 is 14.7 Å². The van der Waals surface area contributed by atoms with Gasteiger partial charge in [-0.15, -0.1) is 0 Å². The Morgan fingerprint density at radius 2 is 2.23 bits per heavy atom. The van der Waals surface area contributed by atoms with Gasteiger partial charge in [0.05, 0.1) is 12.8 Å². The lowest BCUT2D eigenvalue weighted by Gasteiger charge is -2.20. The molecule has 22 heavy (non-hydrogen) atoms. The summed E-state index contributed by atoms with van der Waals surface area (Å²) in [5.74, 6) is 0.235. The number of ketones is 1. The molecule has 0 bridgehead atoms. The lowest BCUT2D eigenvalue weighted by Crippen LogP contribution is -2.32. The molecule has 6 heteroatoms. The Balaban J connectivity index is 1.85. The van der Waals surface area contributed by atoms with Crippen molar-refractivity contribution in [2.75, 3.05) is 0 Å². The number of nitrogens with one attached hydrogen (secondary N) is 2. The number of aromatic amines is 1. The van der Waals surface area contributed by atoms with Crippen LogP contribution in [0.2, 0.25) is 0 Å². The average Bonchev–Trinajstić information content (AvgIpc) is 2.97. The molecule has 0 spiro atoms. The first kappa shape index (κ1) is 14.3. The largest absolute Gasteiger partial charge is 0.467 e. The second-order valence-electron chi connectivity index (χ2n) is 5.60. The van der Waals surface area contributed by atoms with E-state index in [1.165, 1.54) is 12.3 Å². The van der Waals surface area contributed by atoms with E-state index in [1.807, 2.05) is 6.92 Å². The van der Waals surface area contributed by atoms with Gasteiger partial charge in [-0.25, -0.2) is 0 Å². The normalized spacial score (nSPS) is 17.1. The van der Waals surface area contributed by atoms with E-state index >= 15 is 0 Å². The molecule has 1 unspecified atom stereocenters. The molecule has 1 amide bonds. The molecule has 3 rings (SSSR count). The van der Waals surface area contributed by atoms with Gasteiger partial charge in [0.1, 0.15) is 11.3 Å². The Kier molecular flexibility index (Phi) is 3.66. The lowest BCUT2D eigenvalue weighted by molar-refractivity contribution is 0.0946. The second kappa shape index (κ2) is 5.63. The van der Waals surface area contributed by atoms with Gasteiger partial charge in [-0.1, -0.05) is 6.92 Å². The highest BCUT2D eigenvalue weighted by Crippen LogP contribution is 2.23. The number of H-pyrrole nitrogens is 1. The summed E-state index contributed by atoms with van der Waals surface area (Å²) in [6.45, 7) is 2.15. The quantitative estimate of drug-likeness (QED) is 0.901. The molecule has 114 valence electrons. The molecule has 0 saturated heterocycles. The summed E-state index contributed by atoms with van der Waals surface area (Å²) < 4.78 is 5.11. The topological polar surface area (TPSA) is 92.2 Å². The van der Waals surface area contributed by atoms with Gasteiger partial charge in [0.15, 0.2) is 5.78 Å². The van der Waals surface area contributed by atoms with Crippen LogP contribution in [0, 0.1) is 5.92 Å². The number of aromatic nitrogens is 1. The van der Waals surface area contributed by atoms with E-state index < -0.39 is 11.5 Å². The van der Waals surface area contributed by atoms with Crippen molar-refractivity contribution < 1.29 is 14.0 Å². The highest BCUT2D eigenvalue weighted by molar-refractivity contribution is 6.01. The van der Waals surface area contributed by atoms with Crippen LogP contribution in [-0.4, -0.2) is 16.7 Å². The van der Waals surface area contributed by atoms with E-state index in [0.29, 0.717) is 29.9 Å². The number of carbonyl (C=O) groups excluding carboxylic acids is 2. The summed E-state index contributed by atoms with van der Waals surface area (Å²) >= 11 is 0. The Hall–Kier alpha value is -2.63. The van der Waals surface area contributed by atoms with Crippen molar-refractivity contribution in [2.24, 2.45) is 5.92 Å². The van der Waals surface area contributed by atoms with Crippen molar-refractivity contribution in [2.45, 2.75) is 26.3 Å². The van der Waals surface area contributed by atoms with Crippen LogP contribution in [0.4, 0.5) is 0 Å². The maximum Gasteiger partial charge on any atom is 0.261 e. The number of hydrogen-bond acceptors (Lipinski definition) is 4. The number of hydrogen-bond donors (Lipinski definition) is 2. The monoisotopic (exact) mass is 300 g/mol. The van der Waals surface area contributed by atoms with Crippen molar-refractivity contribution in [1.82, 2.24) is 10.3 Å². The summed E-state index contributed by atoms with van der Waals surface area (Å²) in [6.07, 6.45) is 2.59. The van der Waals surface area contributed by atoms with Crippen LogP contribution >= 0.6 is 0 Å². The standard InChI is InChI=1S/C16H16N2O4/c1-9-5-13-11(14(19)6-9)7-12(16(21)18-13)15(20)17-8-10-3-2-4-22-10/h2-4,7,9H,5-6,8H2,1H3,(H,17,20)(H,18,21). The van der Waals surface area contributed by atoms with Gasteiger partial charge in [0.2, 0.25) is 0 Å². The summed E-state index contributed by atoms with van der Waals surface area (Å²) in [4.78, 5) is 38.9. The highest BCUT2D eigenvalue weighted by atomic mass is 16.3. The Labute approximate surface area is 126 Å². The fourth-order valence-electron chi connectivity index (χ4n) is 2.67. The van der Waals surface area contributed by atoms with Crippen molar-refractivity contribution in [3.05, 3.63) is 57.4 Å². The van der Waals surface area contributed by atoms with Crippen LogP contribution in [0.25, 0.3) is 0 Å². The van der Waals surface area contributed by atoms with Gasteiger partial charge in [-0.2, -0.15) is 0 Å². The summed E-state index contributed by atoms with van der Waals surface area (Å²) in [7, 11) is 0. The zero-order chi connectivity index (χ0) is 15.7. The number of carbonyl (C=O) groups is 2. The van der Waals surface area contributed by atoms with Crippen LogP contribution in [0.5, 0.6) is 0 Å². The number of furan rings is 1. The third kappa shape index (κ3) is 2.72. The maximum atomic E-state index is 12.1. The first-order chi connectivity index (χ1) is 10.5. The second-order valence-corrected chi connectivity index (χ2v) is 5.60. The molecule has 2 aromatic heterocycles. The summed E-state index contributed by atoms with van der Waals surface area (Å²) in [6, 6.07) is 4.84. The number of Topliss-reactive ketones (excluding diaryl/α,β-unsaturated/α-hetero) is 1. The minimum absolute atomic E-state index is 0.0370. The Morgan fingerprint density at radius 1 is 1.41 bits per heavy atom. The predicted molar refractivity (Wildman–Crippen MR) is 78.8 cm³/mol. The van der Waals surface area contributed by atoms with E-state index in [0.717, 1.165) is 0 Å². The molecule has 0 fully saturated rings. The van der Waals surface area contributed by atoms with E-state index in [-0.39, 0.29) is 23.8 Å². The van der Waals surface area contributed by atoms with E-state index in [1.54, 1.807) is 12.1 Å². The van der Waals surface area contributed by atoms with Crippen molar-refractivity contribution >= 4 is 11.7 Å². The predicted octanol–water partition coefficient (Wildman–Crippen LogP) is 1.66. The molecular formula is C16H16N2O4. The zero-order valence-electron chi connectivity index (χ0n) is 12.1. The van der Waals surface area contributed by atoms with Gasteiger partial charge >= 0.3 is 0 Å². The first-order valence-electron chi connectivity index (χ1n) is 7.14. The summed E-state index contributed by atoms with van der Waals surface area (Å²) in [5, 5.41) is 2.61. The molecule has 0 radical (unpaired) electrons. The molecule has 0 saturated carbocycles. The fourth-order valence-corrected chi connectivity index (χ4v) is 2.67. The number of rotatable bonds is 3. The third-order valence-electron chi connectivity index (χ3n) is 3.76. The molecular weight excluding hydrogens is 284 g/mol. The van der Waals surface area contributed by atoms with Gasteiger partial charge in [-0.05, 0) is 30.5 Å². The van der Waals surface area contributed by atoms with Crippen molar-refractivity contribution in [3.63, 3.8) is 0 Å². The smallest absolute Gasteiger partial charge is 0.261 e. The van der Waals surface area contributed by atoms with Crippen LogP contribution in [0.15, 0.2) is 33.7 Å². The lowest BCUT2D eigenvalue weighted by atomic mass is 9.86. The third-order valence-corrected chi connectivity index (χ3v) is 3.76. The molecule has 6 nitrogen and oxygen atoms in total. The molecule has 0 aromatic carbocycles. The van der Waals surface area contributed by atoms with Gasteiger partial charge in [0.25, 0.3) is 11.5 Å². The average molecular weight is 300 g/mol. The molecule has 1 aliphatic rings. The number of fused-ring (bicyclic) bond motifs is 1. The summed E-state index contributed by atoms with van der Waals surface area (Å²) in [5.41, 5.74) is 0.544. The van der Waals surface area contributed by atoms with Crippen molar-refractivity contribution in [3.8, 4) is 0 Å². The molecule has 1 aliphatic carbocycles.